The average Bonchev–Trinajstić information content (AvgIpc) is 3.37. The molecular weight excluding hydrogens is 571 g/mol. The zero-order chi connectivity index (χ0) is 23.0. The quantitative estimate of drug-likeness (QED) is 0.210. The average molecular weight is 627 g/mol. The van der Waals surface area contributed by atoms with E-state index in [4.69, 9.17) is 17.0 Å². The van der Waals surface area contributed by atoms with Crippen molar-refractivity contribution in [1.82, 2.24) is 0 Å². The Hall–Kier alpha value is 2.11. The summed E-state index contributed by atoms with van der Waals surface area (Å²) in [5, 5.41) is 0. The maximum absolute atomic E-state index is 4.93. The zero-order valence-corrected chi connectivity index (χ0v) is 30.5. The van der Waals surface area contributed by atoms with Crippen LogP contribution in [0.4, 0.5) is 0 Å². The molecule has 4 aliphatic rings. The molecule has 4 aliphatic carbocycles. The van der Waals surface area contributed by atoms with E-state index in [0.29, 0.717) is 0 Å². The van der Waals surface area contributed by atoms with Gasteiger partial charge in [0.15, 0.2) is 0 Å². The minimum atomic E-state index is -1.15. The van der Waals surface area contributed by atoms with Gasteiger partial charge < -0.3 is 14.9 Å². The maximum atomic E-state index is 4.93. The van der Waals surface area contributed by atoms with Crippen LogP contribution in [0.3, 0.4) is 0 Å². The SMILES string of the molecule is C[Si](C)(C)CC1CCC([Si](C)(C)[Si](C)(C)C2CCC3CC4CCCC4CC32)C1.[CH3-].[CH3-].[Cl][Zr+2][Cl]. The van der Waals surface area contributed by atoms with Crippen LogP contribution in [0.2, 0.25) is 63.0 Å². The first-order valence-corrected chi connectivity index (χ1v) is 30.6. The molecule has 4 rings (SSSR count). The van der Waals surface area contributed by atoms with Crippen LogP contribution in [0.25, 0.3) is 0 Å². The molecule has 0 heterocycles. The Morgan fingerprint density at radius 3 is 1.82 bits per heavy atom. The van der Waals surface area contributed by atoms with Crippen molar-refractivity contribution in [3.05, 3.63) is 14.9 Å². The van der Waals surface area contributed by atoms with Crippen molar-refractivity contribution < 1.29 is 20.8 Å². The van der Waals surface area contributed by atoms with E-state index < -0.39 is 44.1 Å². The van der Waals surface area contributed by atoms with E-state index in [1.54, 1.807) is 70.3 Å². The van der Waals surface area contributed by atoms with E-state index >= 15 is 0 Å². The van der Waals surface area contributed by atoms with Gasteiger partial charge in [0.1, 0.15) is 0 Å². The van der Waals surface area contributed by atoms with Crippen LogP contribution in [0.1, 0.15) is 64.2 Å². The van der Waals surface area contributed by atoms with Crippen molar-refractivity contribution in [2.45, 2.75) is 127 Å². The molecule has 33 heavy (non-hydrogen) atoms. The second-order valence-corrected chi connectivity index (χ2v) is 39.6. The molecule has 7 unspecified atom stereocenters. The molecule has 4 fully saturated rings. The monoisotopic (exact) mass is 624 g/mol. The van der Waals surface area contributed by atoms with Gasteiger partial charge in [0.2, 0.25) is 0 Å². The Kier molecular flexibility index (Phi) is 13.3. The molecule has 0 aromatic rings. The Morgan fingerprint density at radius 1 is 0.667 bits per heavy atom. The number of hydrogen-bond donors (Lipinski definition) is 0. The molecule has 4 saturated carbocycles. The Bertz CT molecular complexity index is 592. The fraction of sp³-hybridized carbons (Fsp3) is 0.926. The van der Waals surface area contributed by atoms with Gasteiger partial charge in [0.05, 0.1) is 0 Å². The summed E-state index contributed by atoms with van der Waals surface area (Å²) in [6.07, 6.45) is 16.1. The van der Waals surface area contributed by atoms with Crippen molar-refractivity contribution in [1.29, 1.82) is 0 Å². The van der Waals surface area contributed by atoms with E-state index in [1.807, 2.05) is 0 Å². The molecular formula is C27H56Cl2Si3Zr. The first-order valence-electron chi connectivity index (χ1n) is 13.4. The number of hydrogen-bond acceptors (Lipinski definition) is 0. The van der Waals surface area contributed by atoms with Crippen LogP contribution in [0.5, 0.6) is 0 Å². The van der Waals surface area contributed by atoms with Crippen LogP contribution in [0.15, 0.2) is 0 Å². The van der Waals surface area contributed by atoms with Gasteiger partial charge in [-0.3, -0.25) is 0 Å². The Balaban J connectivity index is 0.00000103. The fourth-order valence-corrected chi connectivity index (χ4v) is 25.1. The topological polar surface area (TPSA) is 0 Å². The van der Waals surface area contributed by atoms with Crippen LogP contribution in [-0.4, -0.2) is 23.3 Å². The second kappa shape index (κ2) is 13.3. The summed E-state index contributed by atoms with van der Waals surface area (Å²) >= 11 is -0.826. The summed E-state index contributed by atoms with van der Waals surface area (Å²) in [6, 6.07) is 1.60. The van der Waals surface area contributed by atoms with Crippen molar-refractivity contribution in [2.75, 3.05) is 0 Å². The van der Waals surface area contributed by atoms with Gasteiger partial charge in [-0.2, -0.15) is 0 Å². The first-order chi connectivity index (χ1) is 14.4. The third kappa shape index (κ3) is 7.58. The molecule has 0 amide bonds. The van der Waals surface area contributed by atoms with Crippen LogP contribution >= 0.6 is 17.0 Å². The van der Waals surface area contributed by atoms with E-state index in [0.717, 1.165) is 35.1 Å². The van der Waals surface area contributed by atoms with Crippen LogP contribution in [-0.2, 0) is 20.8 Å². The molecule has 0 aliphatic heterocycles. The van der Waals surface area contributed by atoms with Crippen molar-refractivity contribution in [2.24, 2.45) is 29.6 Å². The molecule has 0 nitrogen and oxygen atoms in total. The summed E-state index contributed by atoms with van der Waals surface area (Å²) in [6.45, 7) is 19.4. The van der Waals surface area contributed by atoms with E-state index in [-0.39, 0.29) is 14.9 Å². The Labute approximate surface area is 231 Å². The Morgan fingerprint density at radius 2 is 1.24 bits per heavy atom. The summed E-state index contributed by atoms with van der Waals surface area (Å²) in [7, 11) is 6.69. The van der Waals surface area contributed by atoms with E-state index in [9.17, 15) is 0 Å². The van der Waals surface area contributed by atoms with Gasteiger partial charge >= 0.3 is 37.9 Å². The van der Waals surface area contributed by atoms with E-state index in [2.05, 4.69) is 45.8 Å². The molecule has 0 N–H and O–H groups in total. The second-order valence-electron chi connectivity index (χ2n) is 14.2. The fourth-order valence-electron chi connectivity index (χ4n) is 8.95. The molecule has 6 heteroatoms. The first kappa shape index (κ1) is 33.1. The minimum absolute atomic E-state index is 0. The normalized spacial score (nSPS) is 35.8. The summed E-state index contributed by atoms with van der Waals surface area (Å²) in [4.78, 5) is 0. The molecule has 194 valence electrons. The van der Waals surface area contributed by atoms with Crippen molar-refractivity contribution in [3.8, 4) is 0 Å². The van der Waals surface area contributed by atoms with Gasteiger partial charge in [-0.15, -0.1) is 0 Å². The third-order valence-corrected chi connectivity index (χ3v) is 33.6. The van der Waals surface area contributed by atoms with Crippen LogP contribution in [0, 0.1) is 44.4 Å². The summed E-state index contributed by atoms with van der Waals surface area (Å²) in [5.41, 5.74) is 2.36. The van der Waals surface area contributed by atoms with Gasteiger partial charge in [-0.1, -0.05) is 103 Å². The van der Waals surface area contributed by atoms with Gasteiger partial charge in [0, 0.05) is 23.3 Å². The zero-order valence-electron chi connectivity index (χ0n) is 23.6. The molecule has 0 saturated heterocycles. The van der Waals surface area contributed by atoms with E-state index in [1.165, 1.54) is 5.54 Å². The third-order valence-electron chi connectivity index (χ3n) is 11.0. The van der Waals surface area contributed by atoms with Gasteiger partial charge in [-0.05, 0) is 53.5 Å². The predicted octanol–water partition coefficient (Wildman–Crippen LogP) is 10.9. The molecule has 0 radical (unpaired) electrons. The predicted molar refractivity (Wildman–Crippen MR) is 159 cm³/mol. The van der Waals surface area contributed by atoms with Gasteiger partial charge in [-0.25, -0.2) is 0 Å². The number of rotatable bonds is 5. The molecule has 0 aromatic carbocycles. The van der Waals surface area contributed by atoms with Gasteiger partial charge in [0.25, 0.3) is 0 Å². The number of fused-ring (bicyclic) bond motifs is 2. The standard InChI is InChI=1S/C25H50Si3.2CH3.2ClH.Zr/c1-26(2,3)18-19-11-13-23(15-19)27(4,5)28(6,7)25-14-12-22-16-20-9-8-10-21(20)17-24(22)25;;;;;/h19-25H,8-18H2,1-7H3;2*1H3;2*1H;/q;2*-1;;;+4/p-2. The number of halogens is 2. The summed E-state index contributed by atoms with van der Waals surface area (Å²) in [5.74, 6) is 5.69. The molecule has 7 atom stereocenters. The van der Waals surface area contributed by atoms with Crippen LogP contribution < -0.4 is 0 Å². The van der Waals surface area contributed by atoms with Crippen molar-refractivity contribution in [3.63, 3.8) is 0 Å². The molecule has 0 spiro atoms. The molecule has 0 aromatic heterocycles. The molecule has 0 bridgehead atoms. The van der Waals surface area contributed by atoms with Crippen molar-refractivity contribution >= 4 is 40.3 Å². The summed E-state index contributed by atoms with van der Waals surface area (Å²) < 4.78 is 0.